The van der Waals surface area contributed by atoms with Gasteiger partial charge in [-0.3, -0.25) is 4.79 Å². The maximum atomic E-state index is 13.2. The van der Waals surface area contributed by atoms with Crippen LogP contribution in [0, 0.1) is 5.92 Å². The zero-order valence-corrected chi connectivity index (χ0v) is 16.8. The van der Waals surface area contributed by atoms with Crippen molar-refractivity contribution in [3.05, 3.63) is 41.5 Å². The minimum atomic E-state index is 0.132. The molecule has 0 atom stereocenters. The summed E-state index contributed by atoms with van der Waals surface area (Å²) in [5.41, 5.74) is 3.06. The van der Waals surface area contributed by atoms with Crippen molar-refractivity contribution in [1.29, 1.82) is 0 Å². The Bertz CT molecular complexity index is 876. The summed E-state index contributed by atoms with van der Waals surface area (Å²) in [5, 5.41) is 3.50. The van der Waals surface area contributed by atoms with E-state index in [4.69, 9.17) is 4.98 Å². The van der Waals surface area contributed by atoms with Crippen LogP contribution in [0.1, 0.15) is 47.3 Å². The van der Waals surface area contributed by atoms with Gasteiger partial charge >= 0.3 is 0 Å². The number of fused-ring (bicyclic) bond motifs is 1. The molecule has 5 rings (SSSR count). The van der Waals surface area contributed by atoms with Crippen LogP contribution < -0.4 is 10.2 Å². The van der Waals surface area contributed by atoms with Gasteiger partial charge in [-0.15, -0.1) is 0 Å². The highest BCUT2D eigenvalue weighted by Crippen LogP contribution is 2.30. The Morgan fingerprint density at radius 3 is 2.72 bits per heavy atom. The van der Waals surface area contributed by atoms with Crippen LogP contribution in [-0.4, -0.2) is 58.5 Å². The first kappa shape index (κ1) is 18.3. The molecule has 1 N–H and O–H groups in total. The molecule has 1 saturated carbocycles. The van der Waals surface area contributed by atoms with E-state index < -0.39 is 0 Å². The number of carbonyl (C=O) groups is 1. The van der Waals surface area contributed by atoms with E-state index in [1.807, 2.05) is 11.0 Å². The Morgan fingerprint density at radius 1 is 1.14 bits per heavy atom. The van der Waals surface area contributed by atoms with Crippen molar-refractivity contribution in [2.24, 2.45) is 5.92 Å². The van der Waals surface area contributed by atoms with Crippen LogP contribution in [0.4, 0.5) is 11.6 Å². The number of hydrogen-bond acceptors (Lipinski definition) is 6. The molecule has 2 aliphatic heterocycles. The van der Waals surface area contributed by atoms with E-state index in [1.165, 1.54) is 18.4 Å². The summed E-state index contributed by atoms with van der Waals surface area (Å²) < 4.78 is 0. The van der Waals surface area contributed by atoms with E-state index in [1.54, 1.807) is 12.5 Å². The van der Waals surface area contributed by atoms with E-state index in [-0.39, 0.29) is 5.91 Å². The summed E-state index contributed by atoms with van der Waals surface area (Å²) in [5.74, 6) is 2.60. The largest absolute Gasteiger partial charge is 0.369 e. The fourth-order valence-corrected chi connectivity index (χ4v) is 4.29. The number of amides is 1. The van der Waals surface area contributed by atoms with Crippen molar-refractivity contribution in [1.82, 2.24) is 19.9 Å². The number of nitrogens with one attached hydrogen (secondary N) is 1. The number of likely N-dealkylation sites (tertiary alicyclic amines) is 1. The molecule has 1 amide bonds. The smallest absolute Gasteiger partial charge is 0.257 e. The average molecular weight is 393 g/mol. The SMILES string of the molecule is O=C(c1cc2c(nc1NCC1CC1)CCN(c1ccncn1)CC2)N1CCCC1. The van der Waals surface area contributed by atoms with Crippen LogP contribution in [0.5, 0.6) is 0 Å². The number of aromatic nitrogens is 3. The minimum Gasteiger partial charge on any atom is -0.369 e. The molecule has 0 aromatic carbocycles. The van der Waals surface area contributed by atoms with Crippen LogP contribution in [0.25, 0.3) is 0 Å². The second-order valence-corrected chi connectivity index (χ2v) is 8.37. The van der Waals surface area contributed by atoms with Crippen LogP contribution >= 0.6 is 0 Å². The van der Waals surface area contributed by atoms with Crippen LogP contribution in [0.15, 0.2) is 24.7 Å². The lowest BCUT2D eigenvalue weighted by atomic mass is 10.0. The highest BCUT2D eigenvalue weighted by molar-refractivity contribution is 5.99. The van der Waals surface area contributed by atoms with Crippen LogP contribution in [0.3, 0.4) is 0 Å². The van der Waals surface area contributed by atoms with Gasteiger partial charge in [0.2, 0.25) is 0 Å². The third-order valence-electron chi connectivity index (χ3n) is 6.23. The number of hydrogen-bond donors (Lipinski definition) is 1. The highest BCUT2D eigenvalue weighted by atomic mass is 16.2. The lowest BCUT2D eigenvalue weighted by molar-refractivity contribution is 0.0793. The number of pyridine rings is 1. The molecule has 1 aliphatic carbocycles. The van der Waals surface area contributed by atoms with Gasteiger partial charge in [-0.1, -0.05) is 0 Å². The van der Waals surface area contributed by atoms with Gasteiger partial charge < -0.3 is 15.1 Å². The molecular formula is C22H28N6O. The van der Waals surface area contributed by atoms with Gasteiger partial charge in [-0.25, -0.2) is 15.0 Å². The zero-order chi connectivity index (χ0) is 19.6. The topological polar surface area (TPSA) is 74.2 Å². The highest BCUT2D eigenvalue weighted by Gasteiger charge is 2.27. The van der Waals surface area contributed by atoms with Crippen molar-refractivity contribution in [3.63, 3.8) is 0 Å². The third-order valence-corrected chi connectivity index (χ3v) is 6.23. The van der Waals surface area contributed by atoms with Gasteiger partial charge in [0.05, 0.1) is 5.56 Å². The van der Waals surface area contributed by atoms with Crippen molar-refractivity contribution in [2.45, 2.75) is 38.5 Å². The standard InChI is InChI=1S/C22H28N6O/c29-22(28-9-1-2-10-28)18-13-17-6-11-27(20-5-8-23-15-25-20)12-7-19(17)26-21(18)24-14-16-3-4-16/h5,8,13,15-16H,1-4,6-7,9-12,14H2,(H,24,26). The molecule has 29 heavy (non-hydrogen) atoms. The van der Waals surface area contributed by atoms with Crippen molar-refractivity contribution in [2.75, 3.05) is 42.9 Å². The van der Waals surface area contributed by atoms with Crippen LogP contribution in [-0.2, 0) is 12.8 Å². The van der Waals surface area contributed by atoms with Gasteiger partial charge in [-0.05, 0) is 55.7 Å². The van der Waals surface area contributed by atoms with Gasteiger partial charge in [0, 0.05) is 51.0 Å². The average Bonchev–Trinajstić information content (AvgIpc) is 3.48. The third kappa shape index (κ3) is 4.04. The van der Waals surface area contributed by atoms with Gasteiger partial charge in [0.1, 0.15) is 18.0 Å². The van der Waals surface area contributed by atoms with E-state index in [0.29, 0.717) is 0 Å². The van der Waals surface area contributed by atoms with Gasteiger partial charge in [0.25, 0.3) is 5.91 Å². The van der Waals surface area contributed by atoms with Crippen molar-refractivity contribution >= 4 is 17.5 Å². The summed E-state index contributed by atoms with van der Waals surface area (Å²) in [4.78, 5) is 30.9. The van der Waals surface area contributed by atoms with E-state index in [0.717, 1.165) is 87.2 Å². The van der Waals surface area contributed by atoms with E-state index >= 15 is 0 Å². The van der Waals surface area contributed by atoms with E-state index in [2.05, 4.69) is 26.3 Å². The maximum absolute atomic E-state index is 13.2. The number of anilines is 2. The second-order valence-electron chi connectivity index (χ2n) is 8.37. The molecule has 2 aromatic heterocycles. The maximum Gasteiger partial charge on any atom is 0.257 e. The predicted octanol–water partition coefficient (Wildman–Crippen LogP) is 2.53. The fraction of sp³-hybridized carbons (Fsp3) is 0.545. The predicted molar refractivity (Wildman–Crippen MR) is 112 cm³/mol. The molecule has 0 bridgehead atoms. The molecule has 152 valence electrons. The van der Waals surface area contributed by atoms with Gasteiger partial charge in [-0.2, -0.15) is 0 Å². The first-order valence-electron chi connectivity index (χ1n) is 10.8. The summed E-state index contributed by atoms with van der Waals surface area (Å²) in [6.45, 7) is 4.38. The summed E-state index contributed by atoms with van der Waals surface area (Å²) in [6.07, 6.45) is 9.86. The summed E-state index contributed by atoms with van der Waals surface area (Å²) in [7, 11) is 0. The Morgan fingerprint density at radius 2 is 1.97 bits per heavy atom. The first-order chi connectivity index (χ1) is 14.3. The Hall–Kier alpha value is -2.70. The van der Waals surface area contributed by atoms with Crippen molar-refractivity contribution < 1.29 is 4.79 Å². The number of rotatable bonds is 5. The number of carbonyl (C=O) groups excluding carboxylic acids is 1. The molecule has 0 spiro atoms. The Labute approximate surface area is 171 Å². The second kappa shape index (κ2) is 7.97. The van der Waals surface area contributed by atoms with Crippen molar-refractivity contribution in [3.8, 4) is 0 Å². The molecule has 3 aliphatic rings. The molecule has 0 unspecified atom stereocenters. The Balaban J connectivity index is 1.42. The lowest BCUT2D eigenvalue weighted by Gasteiger charge is -2.20. The molecular weight excluding hydrogens is 364 g/mol. The first-order valence-corrected chi connectivity index (χ1v) is 10.8. The van der Waals surface area contributed by atoms with Crippen LogP contribution in [0.2, 0.25) is 0 Å². The fourth-order valence-electron chi connectivity index (χ4n) is 4.29. The molecule has 7 nitrogen and oxygen atoms in total. The molecule has 7 heteroatoms. The normalized spacial score (nSPS) is 19.0. The summed E-state index contributed by atoms with van der Waals surface area (Å²) in [6, 6.07) is 4.07. The molecule has 4 heterocycles. The molecule has 1 saturated heterocycles. The quantitative estimate of drug-likeness (QED) is 0.843. The van der Waals surface area contributed by atoms with Gasteiger partial charge in [0.15, 0.2) is 0 Å². The van der Waals surface area contributed by atoms with E-state index in [9.17, 15) is 4.79 Å². The minimum absolute atomic E-state index is 0.132. The molecule has 0 radical (unpaired) electrons. The zero-order valence-electron chi connectivity index (χ0n) is 16.8. The number of nitrogens with zero attached hydrogens (tertiary/aromatic N) is 5. The lowest BCUT2D eigenvalue weighted by Crippen LogP contribution is -2.29. The Kier molecular flexibility index (Phi) is 5.04. The molecule has 2 fully saturated rings. The monoisotopic (exact) mass is 392 g/mol. The summed E-state index contributed by atoms with van der Waals surface area (Å²) >= 11 is 0. The molecule has 2 aromatic rings.